The SMILES string of the molecule is C=C/C=C\C(C=O)=C/C.CCOC(=O)C1=C(C)Nc2c(c(NNC)nc(=O)n2-c2ccccc2)C1c1ccccc1. The third kappa shape index (κ3) is 7.14. The van der Waals surface area contributed by atoms with Gasteiger partial charge in [0.15, 0.2) is 5.82 Å². The van der Waals surface area contributed by atoms with Gasteiger partial charge in [0, 0.05) is 23.9 Å². The van der Waals surface area contributed by atoms with Crippen LogP contribution < -0.4 is 21.9 Å². The van der Waals surface area contributed by atoms with Crippen LogP contribution in [-0.2, 0) is 14.3 Å². The van der Waals surface area contributed by atoms with Crippen LogP contribution in [0.2, 0.25) is 0 Å². The van der Waals surface area contributed by atoms with Crippen molar-refractivity contribution in [3.63, 3.8) is 0 Å². The van der Waals surface area contributed by atoms with Gasteiger partial charge in [-0.1, -0.05) is 79.4 Å². The standard InChI is InChI=1S/C24H25N5O3.C8H10O/c1-4-32-23(30)18-15(2)26-22-20(19(18)16-11-7-5-8-12-16)21(28-25-3)27-24(31)29(22)17-13-9-6-10-14-17;1-3-5-6-8(4-2)7-9/h5-14,19,25-26H,4H2,1-3H3,(H,27,28,31);3-7H,1H2,2H3/b;6-5-,8-4+. The van der Waals surface area contributed by atoms with E-state index in [-0.39, 0.29) is 6.61 Å². The molecule has 3 N–H and O–H groups in total. The van der Waals surface area contributed by atoms with E-state index in [1.165, 1.54) is 4.57 Å². The number of rotatable bonds is 9. The molecule has 41 heavy (non-hydrogen) atoms. The van der Waals surface area contributed by atoms with E-state index >= 15 is 0 Å². The smallest absolute Gasteiger partial charge is 0.355 e. The maximum Gasteiger partial charge on any atom is 0.355 e. The Morgan fingerprint density at radius 1 is 1.15 bits per heavy atom. The molecule has 0 saturated heterocycles. The zero-order valence-corrected chi connectivity index (χ0v) is 23.7. The van der Waals surface area contributed by atoms with E-state index in [0.29, 0.717) is 39.7 Å². The van der Waals surface area contributed by atoms with Gasteiger partial charge in [0.2, 0.25) is 0 Å². The molecule has 0 fully saturated rings. The van der Waals surface area contributed by atoms with Gasteiger partial charge in [-0.05, 0) is 38.5 Å². The summed E-state index contributed by atoms with van der Waals surface area (Å²) < 4.78 is 6.92. The second-order valence-corrected chi connectivity index (χ2v) is 8.78. The zero-order chi connectivity index (χ0) is 29.8. The number of hydrazine groups is 1. The average Bonchev–Trinajstić information content (AvgIpc) is 2.98. The number of benzene rings is 2. The number of allylic oxidation sites excluding steroid dienone is 6. The highest BCUT2D eigenvalue weighted by Gasteiger charge is 2.37. The first-order chi connectivity index (χ1) is 19.9. The number of aldehydes is 1. The van der Waals surface area contributed by atoms with Gasteiger partial charge in [0.1, 0.15) is 12.1 Å². The van der Waals surface area contributed by atoms with Crippen molar-refractivity contribution >= 4 is 23.9 Å². The monoisotopic (exact) mass is 553 g/mol. The minimum atomic E-state index is -0.495. The van der Waals surface area contributed by atoms with Gasteiger partial charge < -0.3 is 15.5 Å². The molecule has 9 nitrogen and oxygen atoms in total. The number of carbonyl (C=O) groups excluding carboxylic acids is 2. The third-order valence-corrected chi connectivity index (χ3v) is 6.20. The predicted molar refractivity (Wildman–Crippen MR) is 163 cm³/mol. The fourth-order valence-electron chi connectivity index (χ4n) is 4.41. The molecule has 1 aliphatic rings. The number of hydrogen-bond donors (Lipinski definition) is 3. The van der Waals surface area contributed by atoms with Crippen LogP contribution in [-0.4, -0.2) is 35.5 Å². The highest BCUT2D eigenvalue weighted by molar-refractivity contribution is 5.95. The molecule has 0 amide bonds. The van der Waals surface area contributed by atoms with Crippen LogP contribution in [0.3, 0.4) is 0 Å². The molecule has 212 valence electrons. The molecule has 4 rings (SSSR count). The fourth-order valence-corrected chi connectivity index (χ4v) is 4.41. The van der Waals surface area contributed by atoms with Crippen molar-refractivity contribution in [3.05, 3.63) is 130 Å². The Morgan fingerprint density at radius 3 is 2.37 bits per heavy atom. The summed E-state index contributed by atoms with van der Waals surface area (Å²) in [5, 5.41) is 3.29. The number of hydrogen-bond acceptors (Lipinski definition) is 8. The van der Waals surface area contributed by atoms with E-state index in [4.69, 9.17) is 4.74 Å². The summed E-state index contributed by atoms with van der Waals surface area (Å²) in [7, 11) is 1.69. The van der Waals surface area contributed by atoms with E-state index in [1.807, 2.05) is 74.5 Å². The summed E-state index contributed by atoms with van der Waals surface area (Å²) >= 11 is 0. The van der Waals surface area contributed by atoms with Gasteiger partial charge in [-0.15, -0.1) is 0 Å². The lowest BCUT2D eigenvalue weighted by atomic mass is 9.81. The Bertz CT molecular complexity index is 1520. The molecule has 0 spiro atoms. The summed E-state index contributed by atoms with van der Waals surface area (Å²) in [6.07, 6.45) is 7.61. The van der Waals surface area contributed by atoms with Crippen LogP contribution in [0.1, 0.15) is 37.8 Å². The van der Waals surface area contributed by atoms with Crippen molar-refractivity contribution in [1.82, 2.24) is 15.0 Å². The largest absolute Gasteiger partial charge is 0.463 e. The van der Waals surface area contributed by atoms with Crippen molar-refractivity contribution < 1.29 is 14.3 Å². The Kier molecular flexibility index (Phi) is 11.1. The highest BCUT2D eigenvalue weighted by Crippen LogP contribution is 2.44. The molecule has 9 heteroatoms. The van der Waals surface area contributed by atoms with E-state index in [9.17, 15) is 14.4 Å². The maximum absolute atomic E-state index is 13.1. The first-order valence-electron chi connectivity index (χ1n) is 13.2. The van der Waals surface area contributed by atoms with E-state index in [1.54, 1.807) is 38.3 Å². The molecule has 0 saturated carbocycles. The summed E-state index contributed by atoms with van der Waals surface area (Å²) in [6.45, 7) is 9.14. The number of aromatic nitrogens is 2. The molecule has 1 aromatic heterocycles. The number of nitrogens with zero attached hydrogens (tertiary/aromatic N) is 2. The molecule has 1 unspecified atom stereocenters. The van der Waals surface area contributed by atoms with E-state index in [2.05, 4.69) is 27.7 Å². The van der Waals surface area contributed by atoms with Crippen LogP contribution in [0.15, 0.2) is 113 Å². The lowest BCUT2D eigenvalue weighted by molar-refractivity contribution is -0.138. The number of nitrogens with one attached hydrogen (secondary N) is 3. The van der Waals surface area contributed by atoms with Crippen LogP contribution in [0.5, 0.6) is 0 Å². The van der Waals surface area contributed by atoms with Crippen LogP contribution >= 0.6 is 0 Å². The van der Waals surface area contributed by atoms with Crippen molar-refractivity contribution in [2.45, 2.75) is 26.7 Å². The van der Waals surface area contributed by atoms with Gasteiger partial charge in [-0.25, -0.2) is 19.6 Å². The van der Waals surface area contributed by atoms with Crippen LogP contribution in [0, 0.1) is 0 Å². The molecule has 2 heterocycles. The van der Waals surface area contributed by atoms with Crippen molar-refractivity contribution in [1.29, 1.82) is 0 Å². The molecule has 0 aliphatic carbocycles. The van der Waals surface area contributed by atoms with Gasteiger partial charge in [-0.2, -0.15) is 4.98 Å². The molecular weight excluding hydrogens is 518 g/mol. The molecule has 0 bridgehead atoms. The molecule has 2 aromatic carbocycles. The van der Waals surface area contributed by atoms with Gasteiger partial charge in [0.05, 0.1) is 23.8 Å². The summed E-state index contributed by atoms with van der Waals surface area (Å²) in [5.41, 5.74) is 9.38. The second-order valence-electron chi connectivity index (χ2n) is 8.78. The lowest BCUT2D eigenvalue weighted by Gasteiger charge is -2.32. The molecule has 1 atom stereocenters. The third-order valence-electron chi connectivity index (χ3n) is 6.20. The second kappa shape index (κ2) is 14.9. The Labute approximate surface area is 239 Å². The number of fused-ring (bicyclic) bond motifs is 1. The first-order valence-corrected chi connectivity index (χ1v) is 13.2. The van der Waals surface area contributed by atoms with Crippen molar-refractivity contribution in [3.8, 4) is 5.69 Å². The Morgan fingerprint density at radius 2 is 1.80 bits per heavy atom. The average molecular weight is 554 g/mol. The number of para-hydroxylation sites is 1. The van der Waals surface area contributed by atoms with Crippen LogP contribution in [0.25, 0.3) is 5.69 Å². The highest BCUT2D eigenvalue weighted by atomic mass is 16.5. The number of carbonyl (C=O) groups is 2. The van der Waals surface area contributed by atoms with Gasteiger partial charge in [-0.3, -0.25) is 4.79 Å². The number of ether oxygens (including phenoxy) is 1. The predicted octanol–water partition coefficient (Wildman–Crippen LogP) is 5.05. The van der Waals surface area contributed by atoms with Gasteiger partial charge in [0.25, 0.3) is 0 Å². The van der Waals surface area contributed by atoms with Crippen molar-refractivity contribution in [2.75, 3.05) is 24.4 Å². The minimum Gasteiger partial charge on any atom is -0.463 e. The normalized spacial score (nSPS) is 14.3. The quantitative estimate of drug-likeness (QED) is 0.111. The number of esters is 1. The van der Waals surface area contributed by atoms with Crippen LogP contribution in [0.4, 0.5) is 11.6 Å². The maximum atomic E-state index is 13.1. The zero-order valence-electron chi connectivity index (χ0n) is 23.7. The fraction of sp³-hybridized carbons (Fsp3) is 0.188. The summed E-state index contributed by atoms with van der Waals surface area (Å²) in [4.78, 5) is 40.5. The first kappa shape index (κ1) is 30.5. The summed E-state index contributed by atoms with van der Waals surface area (Å²) in [6, 6.07) is 18.9. The summed E-state index contributed by atoms with van der Waals surface area (Å²) in [5.74, 6) is -0.0148. The van der Waals surface area contributed by atoms with E-state index in [0.717, 1.165) is 11.8 Å². The number of anilines is 2. The molecule has 1 aliphatic heterocycles. The van der Waals surface area contributed by atoms with Crippen molar-refractivity contribution in [2.24, 2.45) is 0 Å². The topological polar surface area (TPSA) is 114 Å². The Hall–Kier alpha value is -5.02. The van der Waals surface area contributed by atoms with Gasteiger partial charge >= 0.3 is 11.7 Å². The molecule has 0 radical (unpaired) electrons. The minimum absolute atomic E-state index is 0.257. The molecule has 3 aromatic rings. The van der Waals surface area contributed by atoms with E-state index < -0.39 is 17.6 Å². The lowest BCUT2D eigenvalue weighted by Crippen LogP contribution is -2.34. The molecular formula is C32H35N5O4. The Balaban J connectivity index is 0.000000445.